The van der Waals surface area contributed by atoms with E-state index in [9.17, 15) is 5.11 Å². The maximum Gasteiger partial charge on any atom is 0.0974 e. The average Bonchev–Trinajstić information content (AvgIpc) is 2.42. The zero-order chi connectivity index (χ0) is 14.3. The van der Waals surface area contributed by atoms with Crippen LogP contribution in [0.15, 0.2) is 36.5 Å². The van der Waals surface area contributed by atoms with Crippen LogP contribution in [0.2, 0.25) is 0 Å². The highest BCUT2D eigenvalue weighted by Crippen LogP contribution is 2.13. The molecule has 0 aromatic carbocycles. The molecule has 1 unspecified atom stereocenters. The molecule has 0 aliphatic rings. The van der Waals surface area contributed by atoms with Gasteiger partial charge in [-0.05, 0) is 32.3 Å². The largest absolute Gasteiger partial charge is 0.388 e. The number of rotatable bonds is 11. The maximum absolute atomic E-state index is 9.87. The summed E-state index contributed by atoms with van der Waals surface area (Å²) in [5.74, 6) is 0. The summed E-state index contributed by atoms with van der Waals surface area (Å²) in [6.07, 6.45) is 15.6. The summed E-state index contributed by atoms with van der Waals surface area (Å²) in [7, 11) is 0. The number of aliphatic hydroxyl groups excluding tert-OH is 1. The summed E-state index contributed by atoms with van der Waals surface area (Å²) < 4.78 is 0. The van der Waals surface area contributed by atoms with Crippen LogP contribution >= 0.6 is 0 Å². The average molecular weight is 261 g/mol. The maximum atomic E-state index is 9.87. The van der Waals surface area contributed by atoms with E-state index in [-0.39, 0.29) is 0 Å². The van der Waals surface area contributed by atoms with Crippen molar-refractivity contribution in [2.24, 2.45) is 0 Å². The van der Waals surface area contributed by atoms with E-state index in [4.69, 9.17) is 5.26 Å². The van der Waals surface area contributed by atoms with Gasteiger partial charge >= 0.3 is 0 Å². The molecule has 0 fully saturated rings. The molecular formula is C17H27NO. The highest BCUT2D eigenvalue weighted by molar-refractivity contribution is 5.29. The third-order valence-corrected chi connectivity index (χ3v) is 3.09. The van der Waals surface area contributed by atoms with Crippen molar-refractivity contribution in [3.8, 4) is 6.07 Å². The fraction of sp³-hybridized carbons (Fsp3) is 0.588. The van der Waals surface area contributed by atoms with E-state index in [2.05, 4.69) is 12.6 Å². The molecule has 0 amide bonds. The molecule has 0 radical (unpaired) electrons. The van der Waals surface area contributed by atoms with Crippen LogP contribution in [0.25, 0.3) is 0 Å². The molecule has 19 heavy (non-hydrogen) atoms. The van der Waals surface area contributed by atoms with Gasteiger partial charge in [-0.25, -0.2) is 0 Å². The van der Waals surface area contributed by atoms with Gasteiger partial charge in [0.25, 0.3) is 0 Å². The SMILES string of the molecule is C=CCCCCCCCCC(O)/C(C#N)=C\C=C\C. The lowest BCUT2D eigenvalue weighted by molar-refractivity contribution is 0.200. The monoisotopic (exact) mass is 261 g/mol. The van der Waals surface area contributed by atoms with E-state index in [1.165, 1.54) is 25.7 Å². The first-order chi connectivity index (χ1) is 9.26. The molecule has 0 rings (SSSR count). The summed E-state index contributed by atoms with van der Waals surface area (Å²) in [5, 5.41) is 18.8. The summed E-state index contributed by atoms with van der Waals surface area (Å²) in [4.78, 5) is 0. The Morgan fingerprint density at radius 3 is 2.42 bits per heavy atom. The van der Waals surface area contributed by atoms with Crippen LogP contribution < -0.4 is 0 Å². The van der Waals surface area contributed by atoms with Gasteiger partial charge in [0.2, 0.25) is 0 Å². The third kappa shape index (κ3) is 10.3. The number of aliphatic hydroxyl groups is 1. The van der Waals surface area contributed by atoms with E-state index >= 15 is 0 Å². The van der Waals surface area contributed by atoms with E-state index in [1.807, 2.05) is 19.1 Å². The van der Waals surface area contributed by atoms with Crippen LogP contribution in [0, 0.1) is 11.3 Å². The molecule has 0 saturated carbocycles. The van der Waals surface area contributed by atoms with Crippen molar-refractivity contribution in [1.82, 2.24) is 0 Å². The van der Waals surface area contributed by atoms with Crippen molar-refractivity contribution >= 4 is 0 Å². The molecule has 2 nitrogen and oxygen atoms in total. The number of nitrogens with zero attached hydrogens (tertiary/aromatic N) is 1. The molecule has 0 bridgehead atoms. The lowest BCUT2D eigenvalue weighted by atomic mass is 10.0. The van der Waals surface area contributed by atoms with Crippen molar-refractivity contribution < 1.29 is 5.11 Å². The number of unbranched alkanes of at least 4 members (excludes halogenated alkanes) is 6. The lowest BCUT2D eigenvalue weighted by Gasteiger charge is -2.08. The predicted molar refractivity (Wildman–Crippen MR) is 81.6 cm³/mol. The standard InChI is InChI=1S/C17H27NO/c1-3-5-7-8-9-10-11-12-14-17(19)16(15-18)13-6-4-2/h3-4,6,13,17,19H,1,5,7-12,14H2,2H3/b6-4+,16-13-. The smallest absolute Gasteiger partial charge is 0.0974 e. The Balaban J connectivity index is 3.65. The minimum Gasteiger partial charge on any atom is -0.388 e. The predicted octanol–water partition coefficient (Wildman–Crippen LogP) is 4.68. The molecule has 2 heteroatoms. The molecule has 0 saturated heterocycles. The van der Waals surface area contributed by atoms with Gasteiger partial charge in [-0.2, -0.15) is 5.26 Å². The van der Waals surface area contributed by atoms with E-state index in [0.29, 0.717) is 12.0 Å². The van der Waals surface area contributed by atoms with Gasteiger partial charge in [-0.1, -0.05) is 50.3 Å². The molecule has 0 aromatic rings. The zero-order valence-corrected chi connectivity index (χ0v) is 12.1. The Bertz CT molecular complexity index is 323. The van der Waals surface area contributed by atoms with Crippen LogP contribution in [-0.2, 0) is 0 Å². The van der Waals surface area contributed by atoms with Crippen LogP contribution in [-0.4, -0.2) is 11.2 Å². The van der Waals surface area contributed by atoms with Crippen molar-refractivity contribution in [2.45, 2.75) is 64.4 Å². The van der Waals surface area contributed by atoms with Gasteiger partial charge in [0.15, 0.2) is 0 Å². The van der Waals surface area contributed by atoms with Crippen LogP contribution in [0.1, 0.15) is 58.3 Å². The molecule has 0 spiro atoms. The Kier molecular flexibility index (Phi) is 12.2. The van der Waals surface area contributed by atoms with Gasteiger partial charge in [0.1, 0.15) is 0 Å². The lowest BCUT2D eigenvalue weighted by Crippen LogP contribution is -2.08. The second-order valence-corrected chi connectivity index (χ2v) is 4.76. The van der Waals surface area contributed by atoms with Crippen molar-refractivity contribution in [3.63, 3.8) is 0 Å². The van der Waals surface area contributed by atoms with E-state index in [0.717, 1.165) is 19.3 Å². The minimum atomic E-state index is -0.609. The van der Waals surface area contributed by atoms with Gasteiger partial charge in [-0.15, -0.1) is 6.58 Å². The Morgan fingerprint density at radius 2 is 1.84 bits per heavy atom. The summed E-state index contributed by atoms with van der Waals surface area (Å²) in [6.45, 7) is 5.60. The van der Waals surface area contributed by atoms with E-state index < -0.39 is 6.10 Å². The molecule has 0 aromatic heterocycles. The molecule has 0 heterocycles. The third-order valence-electron chi connectivity index (χ3n) is 3.09. The second kappa shape index (κ2) is 13.1. The topological polar surface area (TPSA) is 44.0 Å². The van der Waals surface area contributed by atoms with Gasteiger partial charge in [-0.3, -0.25) is 0 Å². The highest BCUT2D eigenvalue weighted by atomic mass is 16.3. The van der Waals surface area contributed by atoms with Gasteiger partial charge in [0, 0.05) is 0 Å². The summed E-state index contributed by atoms with van der Waals surface area (Å²) in [5.41, 5.74) is 0.462. The number of allylic oxidation sites excluding steroid dienone is 4. The zero-order valence-electron chi connectivity index (χ0n) is 12.1. The van der Waals surface area contributed by atoms with Gasteiger partial charge < -0.3 is 5.11 Å². The quantitative estimate of drug-likeness (QED) is 0.254. The van der Waals surface area contributed by atoms with Crippen LogP contribution in [0.5, 0.6) is 0 Å². The molecule has 1 atom stereocenters. The van der Waals surface area contributed by atoms with Crippen molar-refractivity contribution in [1.29, 1.82) is 5.26 Å². The summed E-state index contributed by atoms with van der Waals surface area (Å²) in [6, 6.07) is 2.06. The van der Waals surface area contributed by atoms with Crippen molar-refractivity contribution in [2.75, 3.05) is 0 Å². The first kappa shape index (κ1) is 17.7. The number of hydrogen-bond acceptors (Lipinski definition) is 2. The molecule has 106 valence electrons. The molecule has 0 aliphatic carbocycles. The van der Waals surface area contributed by atoms with Gasteiger partial charge in [0.05, 0.1) is 17.7 Å². The minimum absolute atomic E-state index is 0.462. The molecule has 0 aliphatic heterocycles. The van der Waals surface area contributed by atoms with Crippen molar-refractivity contribution in [3.05, 3.63) is 36.5 Å². The Morgan fingerprint density at radius 1 is 1.21 bits per heavy atom. The molecule has 1 N–H and O–H groups in total. The van der Waals surface area contributed by atoms with E-state index in [1.54, 1.807) is 12.2 Å². The number of hydrogen-bond donors (Lipinski definition) is 1. The summed E-state index contributed by atoms with van der Waals surface area (Å²) >= 11 is 0. The van der Waals surface area contributed by atoms with Crippen LogP contribution in [0.3, 0.4) is 0 Å². The first-order valence-electron chi connectivity index (χ1n) is 7.28. The fourth-order valence-corrected chi connectivity index (χ4v) is 1.91. The number of nitriles is 1. The highest BCUT2D eigenvalue weighted by Gasteiger charge is 2.08. The fourth-order valence-electron chi connectivity index (χ4n) is 1.91. The van der Waals surface area contributed by atoms with Crippen LogP contribution in [0.4, 0.5) is 0 Å². The first-order valence-corrected chi connectivity index (χ1v) is 7.28. The normalized spacial score (nSPS) is 13.4. The second-order valence-electron chi connectivity index (χ2n) is 4.76. The Hall–Kier alpha value is -1.33. The molecular weight excluding hydrogens is 234 g/mol. The Labute approximate surface area is 118 Å².